The van der Waals surface area contributed by atoms with E-state index in [0.29, 0.717) is 23.7 Å². The number of aryl methyl sites for hydroxylation is 1. The highest BCUT2D eigenvalue weighted by Crippen LogP contribution is 2.30. The molecule has 6 nitrogen and oxygen atoms in total. The third-order valence-electron chi connectivity index (χ3n) is 4.49. The highest BCUT2D eigenvalue weighted by Gasteiger charge is 2.38. The maximum absolute atomic E-state index is 12.6. The lowest BCUT2D eigenvalue weighted by Gasteiger charge is -2.25. The summed E-state index contributed by atoms with van der Waals surface area (Å²) in [4.78, 5) is 15.6. The minimum Gasteiger partial charge on any atom is -0.475 e. The van der Waals surface area contributed by atoms with E-state index in [4.69, 9.17) is 14.4 Å². The molecule has 12 heteroatoms. The molecule has 2 aromatic rings. The van der Waals surface area contributed by atoms with Gasteiger partial charge >= 0.3 is 18.3 Å². The van der Waals surface area contributed by atoms with Crippen molar-refractivity contribution < 1.29 is 40.8 Å². The number of carbonyl (C=O) groups is 1. The van der Waals surface area contributed by atoms with Crippen molar-refractivity contribution in [2.24, 2.45) is 0 Å². The zero-order chi connectivity index (χ0) is 23.1. The molecule has 0 bridgehead atoms. The van der Waals surface area contributed by atoms with Crippen molar-refractivity contribution in [3.63, 3.8) is 0 Å². The predicted octanol–water partition coefficient (Wildman–Crippen LogP) is 4.81. The molecule has 0 spiro atoms. The predicted molar refractivity (Wildman–Crippen MR) is 97.0 cm³/mol. The molecule has 1 fully saturated rings. The van der Waals surface area contributed by atoms with Gasteiger partial charge in [-0.25, -0.2) is 4.79 Å². The Kier molecular flexibility index (Phi) is 8.43. The van der Waals surface area contributed by atoms with Crippen LogP contribution in [-0.2, 0) is 17.4 Å². The van der Waals surface area contributed by atoms with E-state index in [9.17, 15) is 26.3 Å². The quantitative estimate of drug-likeness (QED) is 0.655. The van der Waals surface area contributed by atoms with Crippen LogP contribution in [0.25, 0.3) is 11.4 Å². The monoisotopic (exact) mass is 453 g/mol. The number of hydrogen-bond acceptors (Lipinski definition) is 5. The van der Waals surface area contributed by atoms with Gasteiger partial charge in [0.25, 0.3) is 0 Å². The molecule has 0 atom stereocenters. The number of piperidine rings is 1. The lowest BCUT2D eigenvalue weighted by atomic mass is 10.1. The number of nitrogens with zero attached hydrogens (tertiary/aromatic N) is 3. The average Bonchev–Trinajstić information content (AvgIpc) is 3.17. The number of aliphatic carboxylic acids is 1. The summed E-state index contributed by atoms with van der Waals surface area (Å²) in [7, 11) is 0. The summed E-state index contributed by atoms with van der Waals surface area (Å²) in [6.07, 6.45) is -3.96. The van der Waals surface area contributed by atoms with Crippen molar-refractivity contribution in [2.45, 2.75) is 44.5 Å². The van der Waals surface area contributed by atoms with Crippen molar-refractivity contribution in [3.8, 4) is 11.4 Å². The number of aromatic nitrogens is 2. The third-order valence-corrected chi connectivity index (χ3v) is 4.49. The Morgan fingerprint density at radius 1 is 1.03 bits per heavy atom. The number of halogens is 6. The van der Waals surface area contributed by atoms with Gasteiger partial charge in [0.15, 0.2) is 0 Å². The average molecular weight is 453 g/mol. The Morgan fingerprint density at radius 2 is 1.61 bits per heavy atom. The summed E-state index contributed by atoms with van der Waals surface area (Å²) in [5.74, 6) is -1.90. The largest absolute Gasteiger partial charge is 0.490 e. The van der Waals surface area contributed by atoms with Crippen LogP contribution in [-0.4, -0.2) is 51.9 Å². The summed E-state index contributed by atoms with van der Waals surface area (Å²) >= 11 is 0. The standard InChI is InChI=1S/C17H20F3N3O.C2HF3O2/c18-17(19,20)14-8-6-13(7-9-14)16-21-15(24-22-16)5-4-12-23-10-2-1-3-11-23;3-2(4,5)1(6)7/h6-9H,1-5,10-12H2;(H,6,7). The zero-order valence-electron chi connectivity index (χ0n) is 16.3. The highest BCUT2D eigenvalue weighted by atomic mass is 19.4. The van der Waals surface area contributed by atoms with E-state index in [1.54, 1.807) is 0 Å². The topological polar surface area (TPSA) is 79.5 Å². The van der Waals surface area contributed by atoms with Crippen LogP contribution < -0.4 is 0 Å². The van der Waals surface area contributed by atoms with Gasteiger partial charge in [-0.05, 0) is 51.0 Å². The first-order valence-electron chi connectivity index (χ1n) is 9.49. The number of likely N-dealkylation sites (tertiary alicyclic amines) is 1. The summed E-state index contributed by atoms with van der Waals surface area (Å²) in [6.45, 7) is 3.32. The minimum absolute atomic E-state index is 0.330. The molecule has 1 saturated heterocycles. The van der Waals surface area contributed by atoms with Gasteiger partial charge in [0.05, 0.1) is 5.56 Å². The molecule has 1 aliphatic heterocycles. The number of alkyl halides is 6. The van der Waals surface area contributed by atoms with Gasteiger partial charge in [0.1, 0.15) is 0 Å². The van der Waals surface area contributed by atoms with Crippen molar-refractivity contribution >= 4 is 5.97 Å². The van der Waals surface area contributed by atoms with Crippen LogP contribution in [0.15, 0.2) is 28.8 Å². The van der Waals surface area contributed by atoms with Gasteiger partial charge in [-0.2, -0.15) is 31.3 Å². The molecule has 0 aliphatic carbocycles. The molecule has 1 aliphatic rings. The van der Waals surface area contributed by atoms with Crippen molar-refractivity contribution in [1.29, 1.82) is 0 Å². The second kappa shape index (κ2) is 10.6. The van der Waals surface area contributed by atoms with E-state index in [2.05, 4.69) is 15.0 Å². The molecule has 3 rings (SSSR count). The maximum atomic E-state index is 12.6. The Bertz CT molecular complexity index is 828. The Hall–Kier alpha value is -2.63. The molecule has 1 aromatic heterocycles. The molecule has 1 N–H and O–H groups in total. The summed E-state index contributed by atoms with van der Waals surface area (Å²) in [5, 5.41) is 11.0. The molecular weight excluding hydrogens is 432 g/mol. The second-order valence-corrected chi connectivity index (χ2v) is 6.90. The van der Waals surface area contributed by atoms with E-state index in [1.807, 2.05) is 0 Å². The van der Waals surface area contributed by atoms with Gasteiger partial charge < -0.3 is 14.5 Å². The number of benzene rings is 1. The summed E-state index contributed by atoms with van der Waals surface area (Å²) in [5.41, 5.74) is -0.162. The zero-order valence-corrected chi connectivity index (χ0v) is 16.3. The molecule has 172 valence electrons. The second-order valence-electron chi connectivity index (χ2n) is 6.90. The fraction of sp³-hybridized carbons (Fsp3) is 0.526. The van der Waals surface area contributed by atoms with Gasteiger partial charge in [0.2, 0.25) is 11.7 Å². The van der Waals surface area contributed by atoms with Crippen LogP contribution in [0, 0.1) is 0 Å². The van der Waals surface area contributed by atoms with Crippen LogP contribution in [0.5, 0.6) is 0 Å². The number of hydrogen-bond donors (Lipinski definition) is 1. The molecule has 31 heavy (non-hydrogen) atoms. The molecule has 0 amide bonds. The fourth-order valence-corrected chi connectivity index (χ4v) is 2.92. The fourth-order valence-electron chi connectivity index (χ4n) is 2.92. The third kappa shape index (κ3) is 8.19. The Balaban J connectivity index is 0.000000423. The molecule has 0 unspecified atom stereocenters. The smallest absolute Gasteiger partial charge is 0.475 e. The van der Waals surface area contributed by atoms with Gasteiger partial charge in [-0.1, -0.05) is 23.7 Å². The first-order valence-corrected chi connectivity index (χ1v) is 9.49. The van der Waals surface area contributed by atoms with Crippen molar-refractivity contribution in [1.82, 2.24) is 15.0 Å². The van der Waals surface area contributed by atoms with E-state index in [1.165, 1.54) is 31.4 Å². The van der Waals surface area contributed by atoms with Crippen molar-refractivity contribution in [3.05, 3.63) is 35.7 Å². The number of rotatable bonds is 5. The van der Waals surface area contributed by atoms with E-state index in [0.717, 1.165) is 38.2 Å². The van der Waals surface area contributed by atoms with E-state index in [-0.39, 0.29) is 0 Å². The van der Waals surface area contributed by atoms with Crippen LogP contribution in [0.2, 0.25) is 0 Å². The lowest BCUT2D eigenvalue weighted by Crippen LogP contribution is -2.30. The first kappa shape index (κ1) is 24.6. The minimum atomic E-state index is -5.08. The summed E-state index contributed by atoms with van der Waals surface area (Å²) in [6, 6.07) is 4.79. The molecule has 0 radical (unpaired) electrons. The van der Waals surface area contributed by atoms with Crippen molar-refractivity contribution in [2.75, 3.05) is 19.6 Å². The molecular formula is C19H21F6N3O3. The SMILES string of the molecule is FC(F)(F)c1ccc(-c2noc(CCCN3CCCCC3)n2)cc1.O=C(O)C(F)(F)F. The number of carboxylic acids is 1. The Labute approximate surface area is 173 Å². The van der Waals surface area contributed by atoms with Crippen LogP contribution in [0.4, 0.5) is 26.3 Å². The summed E-state index contributed by atoms with van der Waals surface area (Å²) < 4.78 is 74.6. The highest BCUT2D eigenvalue weighted by molar-refractivity contribution is 5.73. The maximum Gasteiger partial charge on any atom is 0.490 e. The lowest BCUT2D eigenvalue weighted by molar-refractivity contribution is -0.192. The van der Waals surface area contributed by atoms with Gasteiger partial charge in [-0.15, -0.1) is 0 Å². The van der Waals surface area contributed by atoms with Gasteiger partial charge in [0, 0.05) is 12.0 Å². The van der Waals surface area contributed by atoms with E-state index < -0.39 is 23.9 Å². The first-order chi connectivity index (χ1) is 14.5. The van der Waals surface area contributed by atoms with Crippen LogP contribution in [0.1, 0.15) is 37.1 Å². The van der Waals surface area contributed by atoms with Crippen LogP contribution in [0.3, 0.4) is 0 Å². The Morgan fingerprint density at radius 3 is 2.13 bits per heavy atom. The van der Waals surface area contributed by atoms with Gasteiger partial charge in [-0.3, -0.25) is 0 Å². The normalized spacial score (nSPS) is 15.3. The van der Waals surface area contributed by atoms with Crippen LogP contribution >= 0.6 is 0 Å². The van der Waals surface area contributed by atoms with E-state index >= 15 is 0 Å². The molecule has 1 aromatic carbocycles. The molecule has 0 saturated carbocycles. The number of carboxylic acid groups (broad SMARTS) is 1. The molecule has 2 heterocycles.